The van der Waals surface area contributed by atoms with Gasteiger partial charge < -0.3 is 14.6 Å². The maximum atomic E-state index is 9.49. The van der Waals surface area contributed by atoms with E-state index in [1.807, 2.05) is 97.1 Å². The Balaban J connectivity index is 1.60. The smallest absolute Gasteiger partial charge is 0.225 e. The second kappa shape index (κ2) is 9.72. The molecule has 150 valence electrons. The lowest BCUT2D eigenvalue weighted by Crippen LogP contribution is -2.02. The van der Waals surface area contributed by atoms with Gasteiger partial charge in [0.2, 0.25) is 11.8 Å². The van der Waals surface area contributed by atoms with Crippen LogP contribution >= 0.6 is 0 Å². The van der Waals surface area contributed by atoms with Crippen LogP contribution in [0, 0.1) is 0 Å². The molecule has 0 spiro atoms. The highest BCUT2D eigenvalue weighted by atomic mass is 16.5. The number of rotatable bonds is 8. The van der Waals surface area contributed by atoms with Crippen LogP contribution in [0.2, 0.25) is 0 Å². The van der Waals surface area contributed by atoms with Crippen LogP contribution in [-0.4, -0.2) is 10.1 Å². The number of aliphatic hydroxyl groups is 1. The summed E-state index contributed by atoms with van der Waals surface area (Å²) in [5.41, 5.74) is 4.77. The third-order valence-electron chi connectivity index (χ3n) is 4.70. The molecule has 1 aromatic heterocycles. The first-order chi connectivity index (χ1) is 14.8. The predicted molar refractivity (Wildman–Crippen MR) is 117 cm³/mol. The zero-order valence-electron chi connectivity index (χ0n) is 16.6. The van der Waals surface area contributed by atoms with Gasteiger partial charge in [0, 0.05) is 11.6 Å². The molecule has 0 atom stereocenters. The number of ether oxygens (including phenoxy) is 2. The lowest BCUT2D eigenvalue weighted by Gasteiger charge is -2.14. The van der Waals surface area contributed by atoms with E-state index in [1.165, 1.54) is 0 Å². The molecule has 1 heterocycles. The van der Waals surface area contributed by atoms with E-state index in [2.05, 4.69) is 4.98 Å². The summed E-state index contributed by atoms with van der Waals surface area (Å²) in [6.45, 7) is 0.827. The summed E-state index contributed by atoms with van der Waals surface area (Å²) in [5, 5.41) is 9.49. The summed E-state index contributed by atoms with van der Waals surface area (Å²) in [6, 6.07) is 31.5. The fraction of sp³-hybridized carbons (Fsp3) is 0.115. The van der Waals surface area contributed by atoms with Gasteiger partial charge in [0.15, 0.2) is 0 Å². The number of hydrogen-bond donors (Lipinski definition) is 1. The molecule has 0 aliphatic carbocycles. The van der Waals surface area contributed by atoms with Crippen molar-refractivity contribution in [2.75, 3.05) is 0 Å². The second-order valence-electron chi connectivity index (χ2n) is 6.91. The maximum Gasteiger partial charge on any atom is 0.225 e. The summed E-state index contributed by atoms with van der Waals surface area (Å²) in [4.78, 5) is 4.63. The molecule has 4 rings (SSSR count). The van der Waals surface area contributed by atoms with E-state index in [0.717, 1.165) is 27.8 Å². The molecule has 0 saturated heterocycles. The van der Waals surface area contributed by atoms with E-state index in [4.69, 9.17) is 9.47 Å². The Kier molecular flexibility index (Phi) is 6.38. The molecule has 0 bridgehead atoms. The zero-order valence-corrected chi connectivity index (χ0v) is 16.6. The number of aromatic nitrogens is 1. The van der Waals surface area contributed by atoms with E-state index in [0.29, 0.717) is 25.0 Å². The van der Waals surface area contributed by atoms with Crippen molar-refractivity contribution >= 4 is 0 Å². The Morgan fingerprint density at radius 1 is 0.633 bits per heavy atom. The Morgan fingerprint density at radius 3 is 1.93 bits per heavy atom. The van der Waals surface area contributed by atoms with Crippen LogP contribution in [0.3, 0.4) is 0 Å². The summed E-state index contributed by atoms with van der Waals surface area (Å²) >= 11 is 0. The van der Waals surface area contributed by atoms with Crippen molar-refractivity contribution in [1.82, 2.24) is 4.98 Å². The van der Waals surface area contributed by atoms with E-state index in [-0.39, 0.29) is 6.61 Å². The van der Waals surface area contributed by atoms with Crippen LogP contribution in [0.25, 0.3) is 11.1 Å². The van der Waals surface area contributed by atoms with Gasteiger partial charge in [0.05, 0.1) is 6.61 Å². The van der Waals surface area contributed by atoms with Crippen molar-refractivity contribution in [3.05, 3.63) is 114 Å². The lowest BCUT2D eigenvalue weighted by atomic mass is 10.0. The molecule has 4 heteroatoms. The maximum absolute atomic E-state index is 9.49. The number of aliphatic hydroxyl groups excluding tert-OH is 1. The number of pyridine rings is 1. The fourth-order valence-electron chi connectivity index (χ4n) is 3.13. The van der Waals surface area contributed by atoms with Crippen molar-refractivity contribution in [1.29, 1.82) is 0 Å². The molecule has 0 aliphatic heterocycles. The Hall–Kier alpha value is -3.63. The van der Waals surface area contributed by atoms with Crippen LogP contribution in [0.5, 0.6) is 11.8 Å². The van der Waals surface area contributed by atoms with E-state index in [1.54, 1.807) is 0 Å². The molecule has 0 unspecified atom stereocenters. The van der Waals surface area contributed by atoms with Crippen LogP contribution in [0.15, 0.2) is 97.1 Å². The molecule has 0 amide bonds. The van der Waals surface area contributed by atoms with Crippen LogP contribution < -0.4 is 9.47 Å². The topological polar surface area (TPSA) is 51.6 Å². The summed E-state index contributed by atoms with van der Waals surface area (Å²) in [6.07, 6.45) is 0. The van der Waals surface area contributed by atoms with Gasteiger partial charge in [-0.25, -0.2) is 0 Å². The monoisotopic (exact) mass is 397 g/mol. The van der Waals surface area contributed by atoms with Gasteiger partial charge in [-0.1, -0.05) is 78.9 Å². The first-order valence-electron chi connectivity index (χ1n) is 9.86. The van der Waals surface area contributed by atoms with Gasteiger partial charge in [-0.15, -0.1) is 0 Å². The number of hydrogen-bond acceptors (Lipinski definition) is 4. The van der Waals surface area contributed by atoms with Crippen molar-refractivity contribution < 1.29 is 14.6 Å². The van der Waals surface area contributed by atoms with Crippen LogP contribution in [0.1, 0.15) is 16.7 Å². The van der Waals surface area contributed by atoms with Gasteiger partial charge in [-0.2, -0.15) is 4.98 Å². The lowest BCUT2D eigenvalue weighted by molar-refractivity contribution is 0.268. The van der Waals surface area contributed by atoms with Gasteiger partial charge in [0.25, 0.3) is 0 Å². The molecule has 0 aliphatic rings. The van der Waals surface area contributed by atoms with Crippen LogP contribution in [-0.2, 0) is 19.8 Å². The molecular formula is C26H23NO3. The highest BCUT2D eigenvalue weighted by Gasteiger charge is 2.12. The van der Waals surface area contributed by atoms with Crippen molar-refractivity contribution in [2.24, 2.45) is 0 Å². The Labute approximate surface area is 176 Å². The van der Waals surface area contributed by atoms with Gasteiger partial charge in [0.1, 0.15) is 13.2 Å². The van der Waals surface area contributed by atoms with E-state index < -0.39 is 0 Å². The van der Waals surface area contributed by atoms with Crippen LogP contribution in [0.4, 0.5) is 0 Å². The summed E-state index contributed by atoms with van der Waals surface area (Å²) < 4.78 is 12.0. The predicted octanol–water partition coefficient (Wildman–Crippen LogP) is 5.40. The van der Waals surface area contributed by atoms with Gasteiger partial charge in [-0.05, 0) is 34.4 Å². The van der Waals surface area contributed by atoms with Crippen molar-refractivity contribution in [3.63, 3.8) is 0 Å². The van der Waals surface area contributed by atoms with Crippen molar-refractivity contribution in [3.8, 4) is 22.9 Å². The van der Waals surface area contributed by atoms with E-state index >= 15 is 0 Å². The largest absolute Gasteiger partial charge is 0.473 e. The molecule has 0 saturated carbocycles. The molecule has 0 radical (unpaired) electrons. The summed E-state index contributed by atoms with van der Waals surface area (Å²) in [5.74, 6) is 1.00. The van der Waals surface area contributed by atoms with Gasteiger partial charge >= 0.3 is 0 Å². The number of benzene rings is 3. The average Bonchev–Trinajstić information content (AvgIpc) is 2.83. The minimum absolute atomic E-state index is 0.0141. The first kappa shape index (κ1) is 19.7. The normalized spacial score (nSPS) is 10.6. The second-order valence-corrected chi connectivity index (χ2v) is 6.91. The highest BCUT2D eigenvalue weighted by Crippen LogP contribution is 2.32. The molecule has 0 fully saturated rings. The standard InChI is InChI=1S/C26H23NO3/c28-17-22-12-7-13-23(16-22)24-14-15-25(29-18-20-8-3-1-4-9-20)27-26(24)30-19-21-10-5-2-6-11-21/h1-16,28H,17-19H2. The third-order valence-corrected chi connectivity index (χ3v) is 4.70. The van der Waals surface area contributed by atoms with Gasteiger partial charge in [-0.3, -0.25) is 0 Å². The third kappa shape index (κ3) is 5.04. The molecule has 3 aromatic carbocycles. The Bertz CT molecular complexity index is 1080. The molecule has 4 aromatic rings. The number of nitrogens with zero attached hydrogens (tertiary/aromatic N) is 1. The average molecular weight is 397 g/mol. The first-order valence-corrected chi connectivity index (χ1v) is 9.86. The Morgan fingerprint density at radius 2 is 1.27 bits per heavy atom. The minimum atomic E-state index is -0.0141. The zero-order chi connectivity index (χ0) is 20.6. The SMILES string of the molecule is OCc1cccc(-c2ccc(OCc3ccccc3)nc2OCc2ccccc2)c1. The summed E-state index contributed by atoms with van der Waals surface area (Å²) in [7, 11) is 0. The molecule has 4 nitrogen and oxygen atoms in total. The fourth-order valence-corrected chi connectivity index (χ4v) is 3.13. The quantitative estimate of drug-likeness (QED) is 0.433. The molecule has 30 heavy (non-hydrogen) atoms. The highest BCUT2D eigenvalue weighted by molar-refractivity contribution is 5.69. The molecule has 1 N–H and O–H groups in total. The molecular weight excluding hydrogens is 374 g/mol. The van der Waals surface area contributed by atoms with E-state index in [9.17, 15) is 5.11 Å². The minimum Gasteiger partial charge on any atom is -0.473 e. The van der Waals surface area contributed by atoms with Crippen molar-refractivity contribution in [2.45, 2.75) is 19.8 Å².